The summed E-state index contributed by atoms with van der Waals surface area (Å²) >= 11 is 0. The lowest BCUT2D eigenvalue weighted by molar-refractivity contribution is -0.161. The van der Waals surface area contributed by atoms with Crippen molar-refractivity contribution in [3.63, 3.8) is 0 Å². The Hall–Kier alpha value is -2.46. The van der Waals surface area contributed by atoms with E-state index in [1.165, 1.54) is 141 Å². The summed E-state index contributed by atoms with van der Waals surface area (Å²) in [6, 6.07) is 0. The minimum atomic E-state index is -4.96. The summed E-state index contributed by atoms with van der Waals surface area (Å²) in [6.07, 6.45) is 53.6. The van der Waals surface area contributed by atoms with Crippen molar-refractivity contribution in [1.82, 2.24) is 0 Å². The number of aliphatic hydroxyl groups is 1. The van der Waals surface area contributed by atoms with Crippen LogP contribution in [0.5, 0.6) is 0 Å². The number of unbranched alkanes of at least 4 members (excludes halogenated alkanes) is 36. The number of phosphoric ester groups is 2. The number of ether oxygens (including phenoxy) is 4. The summed E-state index contributed by atoms with van der Waals surface area (Å²) in [5, 5.41) is 10.6. The smallest absolute Gasteiger partial charge is 0.462 e. The maximum atomic E-state index is 13.0. The molecule has 0 aliphatic carbocycles. The van der Waals surface area contributed by atoms with E-state index in [0.29, 0.717) is 31.6 Å². The maximum absolute atomic E-state index is 13.0. The van der Waals surface area contributed by atoms with Crippen LogP contribution in [0, 0.1) is 11.8 Å². The quantitative estimate of drug-likeness (QED) is 0.0169. The van der Waals surface area contributed by atoms with Gasteiger partial charge in [0, 0.05) is 25.7 Å². The fraction of sp³-hybridized carbons (Fsp3) is 0.890. The molecule has 0 aromatic carbocycles. The molecule has 542 valence electrons. The van der Waals surface area contributed by atoms with Gasteiger partial charge in [-0.15, -0.1) is 0 Å². The molecule has 6 atom stereocenters. The zero-order chi connectivity index (χ0) is 67.9. The minimum Gasteiger partial charge on any atom is -0.462 e. The molecule has 92 heavy (non-hydrogen) atoms. The fourth-order valence-corrected chi connectivity index (χ4v) is 12.1. The molecule has 0 bridgehead atoms. The molecule has 3 unspecified atom stereocenters. The molecule has 0 saturated carbocycles. The Balaban J connectivity index is 5.26. The van der Waals surface area contributed by atoms with Crippen molar-refractivity contribution in [2.75, 3.05) is 39.6 Å². The van der Waals surface area contributed by atoms with Crippen LogP contribution >= 0.6 is 15.6 Å². The van der Waals surface area contributed by atoms with Crippen molar-refractivity contribution in [2.45, 2.75) is 368 Å². The normalized spacial score (nSPS) is 14.5. The van der Waals surface area contributed by atoms with Gasteiger partial charge in [0.25, 0.3) is 0 Å². The molecule has 0 spiro atoms. The van der Waals surface area contributed by atoms with E-state index in [0.717, 1.165) is 121 Å². The van der Waals surface area contributed by atoms with Crippen molar-refractivity contribution in [1.29, 1.82) is 0 Å². The summed E-state index contributed by atoms with van der Waals surface area (Å²) < 4.78 is 68.3. The molecule has 0 heterocycles. The van der Waals surface area contributed by atoms with Gasteiger partial charge in [-0.1, -0.05) is 297 Å². The number of carbonyl (C=O) groups is 4. The predicted octanol–water partition coefficient (Wildman–Crippen LogP) is 20.7. The van der Waals surface area contributed by atoms with E-state index in [4.69, 9.17) is 37.0 Å². The number of carbonyl (C=O) groups excluding carboxylic acids is 4. The summed E-state index contributed by atoms with van der Waals surface area (Å²) in [6.45, 7) is 9.46. The average molecular weight is 1350 g/mol. The molecule has 0 aromatic heterocycles. The zero-order valence-electron chi connectivity index (χ0n) is 59.3. The van der Waals surface area contributed by atoms with Gasteiger partial charge in [-0.3, -0.25) is 37.3 Å². The number of phosphoric acid groups is 2. The van der Waals surface area contributed by atoms with Crippen LogP contribution in [0.25, 0.3) is 0 Å². The van der Waals surface area contributed by atoms with E-state index in [1.807, 2.05) is 0 Å². The van der Waals surface area contributed by atoms with E-state index in [-0.39, 0.29) is 25.7 Å². The summed E-state index contributed by atoms with van der Waals surface area (Å²) in [5.74, 6) is -0.631. The second kappa shape index (κ2) is 64.5. The largest absolute Gasteiger partial charge is 0.472 e. The van der Waals surface area contributed by atoms with Crippen LogP contribution < -0.4 is 0 Å². The highest BCUT2D eigenvalue weighted by atomic mass is 31.2. The van der Waals surface area contributed by atoms with E-state index in [1.54, 1.807) is 0 Å². The van der Waals surface area contributed by atoms with Gasteiger partial charge in [-0.2, -0.15) is 0 Å². The third-order valence-electron chi connectivity index (χ3n) is 16.7. The third kappa shape index (κ3) is 64.9. The second-order valence-corrected chi connectivity index (χ2v) is 29.3. The third-order valence-corrected chi connectivity index (χ3v) is 18.6. The molecule has 0 aliphatic rings. The SMILES string of the molecule is CCCCCC/C=C\C=C/CCCCCCCC(=O)OC[C@H](COP(=O)(O)OC[C@@H](O)COP(=O)(O)OC[C@@H](COC(=O)CCCCCCCCC(C)C)OC(=O)CCCCCCCCCCCC)OC(=O)CCCCCCCCCCCCCCCCC(C)CC. The number of allylic oxidation sites excluding steroid dienone is 4. The van der Waals surface area contributed by atoms with Gasteiger partial charge < -0.3 is 33.8 Å². The van der Waals surface area contributed by atoms with Crippen LogP contribution in [0.4, 0.5) is 0 Å². The average Bonchev–Trinajstić information content (AvgIpc) is 2.72. The molecule has 0 saturated heterocycles. The van der Waals surface area contributed by atoms with Crippen LogP contribution in [0.1, 0.15) is 350 Å². The first-order valence-electron chi connectivity index (χ1n) is 37.3. The van der Waals surface area contributed by atoms with Crippen LogP contribution in [0.2, 0.25) is 0 Å². The first-order valence-corrected chi connectivity index (χ1v) is 40.3. The molecule has 3 N–H and O–H groups in total. The summed E-state index contributed by atoms with van der Waals surface area (Å²) in [4.78, 5) is 72.6. The first kappa shape index (κ1) is 89.5. The van der Waals surface area contributed by atoms with Gasteiger partial charge in [0.1, 0.15) is 19.3 Å². The fourth-order valence-electron chi connectivity index (χ4n) is 10.5. The van der Waals surface area contributed by atoms with Crippen molar-refractivity contribution < 1.29 is 80.2 Å². The lowest BCUT2D eigenvalue weighted by atomic mass is 9.99. The second-order valence-electron chi connectivity index (χ2n) is 26.4. The number of aliphatic hydroxyl groups excluding tert-OH is 1. The van der Waals surface area contributed by atoms with Gasteiger partial charge in [0.15, 0.2) is 12.2 Å². The van der Waals surface area contributed by atoms with Crippen molar-refractivity contribution in [2.24, 2.45) is 11.8 Å². The van der Waals surface area contributed by atoms with Gasteiger partial charge in [-0.05, 0) is 63.2 Å². The number of hydrogen-bond donors (Lipinski definition) is 3. The van der Waals surface area contributed by atoms with E-state index < -0.39 is 97.5 Å². The Bertz CT molecular complexity index is 1880. The molecule has 17 nitrogen and oxygen atoms in total. The predicted molar refractivity (Wildman–Crippen MR) is 372 cm³/mol. The molecule has 0 amide bonds. The van der Waals surface area contributed by atoms with E-state index in [2.05, 4.69) is 65.8 Å². The Morgan fingerprint density at radius 1 is 0.359 bits per heavy atom. The zero-order valence-corrected chi connectivity index (χ0v) is 61.1. The maximum Gasteiger partial charge on any atom is 0.472 e. The highest BCUT2D eigenvalue weighted by Crippen LogP contribution is 2.45. The van der Waals surface area contributed by atoms with Gasteiger partial charge in [0.2, 0.25) is 0 Å². The van der Waals surface area contributed by atoms with Crippen molar-refractivity contribution >= 4 is 39.5 Å². The minimum absolute atomic E-state index is 0.101. The summed E-state index contributed by atoms with van der Waals surface area (Å²) in [7, 11) is -9.91. The molecule has 0 radical (unpaired) electrons. The number of esters is 4. The first-order chi connectivity index (χ1) is 44.4. The molecule has 0 aliphatic heterocycles. The molecule has 0 fully saturated rings. The van der Waals surface area contributed by atoms with Crippen LogP contribution in [-0.2, 0) is 65.4 Å². The lowest BCUT2D eigenvalue weighted by Crippen LogP contribution is -2.30. The molecular formula is C73H138O17P2. The molecule has 0 aromatic rings. The standard InChI is InChI=1S/C73H138O17P2/c1-7-10-12-14-16-18-20-21-22-26-29-33-36-43-49-55-70(75)83-61-68(89-73(78)58-52-46-38-34-30-27-24-23-25-28-31-35-42-48-54-66(6)9-3)63-87-91(79,80)85-59-67(74)60-86-92(81,82)88-64-69(62-84-71(76)56-50-44-40-39-41-47-53-65(4)5)90-72(77)57-51-45-37-32-19-17-15-13-11-8-2/h18,20-22,65-69,74H,7-17,19,23-64H2,1-6H3,(H,79,80)(H,81,82)/b20-18-,22-21-/t66?,67-,68-,69-/m1/s1. The highest BCUT2D eigenvalue weighted by molar-refractivity contribution is 7.47. The molecule has 0 rings (SSSR count). The Kier molecular flexibility index (Phi) is 62.8. The Morgan fingerprint density at radius 2 is 0.641 bits per heavy atom. The summed E-state index contributed by atoms with van der Waals surface area (Å²) in [5.41, 5.74) is 0. The van der Waals surface area contributed by atoms with Crippen LogP contribution in [-0.4, -0.2) is 96.7 Å². The van der Waals surface area contributed by atoms with Crippen LogP contribution in [0.15, 0.2) is 24.3 Å². The monoisotopic (exact) mass is 1350 g/mol. The molecule has 19 heteroatoms. The highest BCUT2D eigenvalue weighted by Gasteiger charge is 2.30. The number of rotatable bonds is 70. The van der Waals surface area contributed by atoms with Gasteiger partial charge in [0.05, 0.1) is 26.4 Å². The lowest BCUT2D eigenvalue weighted by Gasteiger charge is -2.21. The van der Waals surface area contributed by atoms with Crippen molar-refractivity contribution in [3.05, 3.63) is 24.3 Å². The van der Waals surface area contributed by atoms with Gasteiger partial charge in [-0.25, -0.2) is 9.13 Å². The Morgan fingerprint density at radius 3 is 0.978 bits per heavy atom. The molecular weight excluding hydrogens is 1210 g/mol. The van der Waals surface area contributed by atoms with E-state index in [9.17, 15) is 43.2 Å². The van der Waals surface area contributed by atoms with E-state index >= 15 is 0 Å². The van der Waals surface area contributed by atoms with Gasteiger partial charge >= 0.3 is 39.5 Å². The number of hydrogen-bond acceptors (Lipinski definition) is 15. The van der Waals surface area contributed by atoms with Crippen LogP contribution in [0.3, 0.4) is 0 Å². The Labute approximate surface area is 561 Å². The topological polar surface area (TPSA) is 237 Å². The van der Waals surface area contributed by atoms with Crippen molar-refractivity contribution in [3.8, 4) is 0 Å².